The largest absolute Gasteiger partial charge is 0.450 e. The minimum atomic E-state index is -0.568. The minimum absolute atomic E-state index is 0.133. The fourth-order valence-corrected chi connectivity index (χ4v) is 4.36. The van der Waals surface area contributed by atoms with Crippen LogP contribution in [0.1, 0.15) is 54.6 Å². The average Bonchev–Trinajstić information content (AvgIpc) is 3.48. The number of rotatable bonds is 7. The summed E-state index contributed by atoms with van der Waals surface area (Å²) in [6.07, 6.45) is 10.4. The van der Waals surface area contributed by atoms with E-state index in [-0.39, 0.29) is 24.3 Å². The van der Waals surface area contributed by atoms with Crippen molar-refractivity contribution in [3.63, 3.8) is 0 Å². The number of carbonyl (C=O) groups is 2. The molecule has 0 aliphatic heterocycles. The first kappa shape index (κ1) is 19.1. The second kappa shape index (κ2) is 8.43. The summed E-state index contributed by atoms with van der Waals surface area (Å²) in [4.78, 5) is 27.4. The maximum Gasteiger partial charge on any atom is 0.375 e. The number of esters is 1. The van der Waals surface area contributed by atoms with Crippen LogP contribution in [0.2, 0.25) is 0 Å². The Kier molecular flexibility index (Phi) is 5.76. The molecule has 1 saturated carbocycles. The Hall–Kier alpha value is -2.21. The number of fused-ring (bicyclic) bond motifs is 1. The molecule has 5 nitrogen and oxygen atoms in total. The summed E-state index contributed by atoms with van der Waals surface area (Å²) >= 11 is 1.62. The van der Waals surface area contributed by atoms with E-state index < -0.39 is 5.97 Å². The lowest BCUT2D eigenvalue weighted by molar-refractivity contribution is -0.133. The molecule has 2 aliphatic carbocycles. The minimum Gasteiger partial charge on any atom is -0.450 e. The van der Waals surface area contributed by atoms with Gasteiger partial charge < -0.3 is 14.1 Å². The van der Waals surface area contributed by atoms with Crippen LogP contribution in [0.3, 0.4) is 0 Å². The number of para-hydroxylation sites is 1. The van der Waals surface area contributed by atoms with Crippen molar-refractivity contribution >= 4 is 34.6 Å². The van der Waals surface area contributed by atoms with Crippen LogP contribution in [-0.2, 0) is 15.3 Å². The normalized spacial score (nSPS) is 16.7. The smallest absolute Gasteiger partial charge is 0.375 e. The highest BCUT2D eigenvalue weighted by molar-refractivity contribution is 7.97. The van der Waals surface area contributed by atoms with Crippen LogP contribution in [0.15, 0.2) is 40.5 Å². The molecule has 1 aromatic carbocycles. The van der Waals surface area contributed by atoms with Crippen LogP contribution in [0.25, 0.3) is 11.0 Å². The van der Waals surface area contributed by atoms with Crippen molar-refractivity contribution in [1.29, 1.82) is 0 Å². The molecule has 2 aliphatic rings. The van der Waals surface area contributed by atoms with E-state index in [1.54, 1.807) is 11.8 Å². The molecule has 1 aromatic heterocycles. The predicted molar refractivity (Wildman–Crippen MR) is 110 cm³/mol. The molecule has 1 amide bonds. The highest BCUT2D eigenvalue weighted by atomic mass is 32.2. The molecule has 0 radical (unpaired) electrons. The molecule has 0 bridgehead atoms. The molecule has 1 fully saturated rings. The van der Waals surface area contributed by atoms with Gasteiger partial charge >= 0.3 is 5.97 Å². The number of furan rings is 1. The predicted octanol–water partition coefficient (Wildman–Crippen LogP) is 4.90. The van der Waals surface area contributed by atoms with E-state index in [2.05, 4.69) is 6.08 Å². The summed E-state index contributed by atoms with van der Waals surface area (Å²) in [6.45, 7) is -0.248. The molecule has 28 heavy (non-hydrogen) atoms. The van der Waals surface area contributed by atoms with Crippen LogP contribution >= 0.6 is 11.8 Å². The van der Waals surface area contributed by atoms with Gasteiger partial charge in [0.25, 0.3) is 5.91 Å². The van der Waals surface area contributed by atoms with Crippen LogP contribution in [-0.4, -0.2) is 35.7 Å². The van der Waals surface area contributed by atoms with Gasteiger partial charge in [0, 0.05) is 28.4 Å². The Labute approximate surface area is 169 Å². The second-order valence-corrected chi connectivity index (χ2v) is 8.22. The van der Waals surface area contributed by atoms with E-state index in [9.17, 15) is 9.59 Å². The number of thioether (sulfide) groups is 1. The molecule has 0 unspecified atom stereocenters. The third kappa shape index (κ3) is 3.97. The molecule has 2 aromatic rings. The molecular formula is C22H25NO4S. The molecule has 0 spiro atoms. The maximum absolute atomic E-state index is 12.8. The van der Waals surface area contributed by atoms with Gasteiger partial charge in [-0.2, -0.15) is 11.8 Å². The SMILES string of the molecule is CSCc1c(C(=O)OCC(=O)N(C2=CCCCC2)C2CC2)oc2ccccc12. The third-order valence-electron chi connectivity index (χ3n) is 5.26. The number of allylic oxidation sites excluding steroid dienone is 2. The van der Waals surface area contributed by atoms with Gasteiger partial charge in [-0.1, -0.05) is 24.3 Å². The first-order valence-corrected chi connectivity index (χ1v) is 11.3. The van der Waals surface area contributed by atoms with Gasteiger partial charge in [-0.05, 0) is 50.8 Å². The molecule has 0 N–H and O–H groups in total. The maximum atomic E-state index is 12.8. The standard InChI is InChI=1S/C22H25NO4S/c1-28-14-18-17-9-5-6-10-19(17)27-21(18)22(25)26-13-20(24)23(16-11-12-16)15-7-3-2-4-8-15/h5-7,9-10,16H,2-4,8,11-14H2,1H3. The second-order valence-electron chi connectivity index (χ2n) is 7.35. The van der Waals surface area contributed by atoms with E-state index in [1.807, 2.05) is 35.4 Å². The zero-order valence-corrected chi connectivity index (χ0v) is 16.9. The van der Waals surface area contributed by atoms with Crippen molar-refractivity contribution in [2.75, 3.05) is 12.9 Å². The quantitative estimate of drug-likeness (QED) is 0.620. The van der Waals surface area contributed by atoms with Gasteiger partial charge in [0.1, 0.15) is 5.58 Å². The summed E-state index contributed by atoms with van der Waals surface area (Å²) in [5.41, 5.74) is 2.59. The molecular weight excluding hydrogens is 374 g/mol. The van der Waals surface area contributed by atoms with E-state index in [4.69, 9.17) is 9.15 Å². The summed E-state index contributed by atoms with van der Waals surface area (Å²) in [7, 11) is 0. The Bertz CT molecular complexity index is 912. The lowest BCUT2D eigenvalue weighted by Gasteiger charge is -2.27. The lowest BCUT2D eigenvalue weighted by Crippen LogP contribution is -2.36. The Morgan fingerprint density at radius 3 is 2.79 bits per heavy atom. The van der Waals surface area contributed by atoms with Crippen molar-refractivity contribution in [3.05, 3.63) is 47.4 Å². The molecule has 0 atom stereocenters. The first-order valence-electron chi connectivity index (χ1n) is 9.86. The van der Waals surface area contributed by atoms with Crippen molar-refractivity contribution in [2.24, 2.45) is 0 Å². The zero-order chi connectivity index (χ0) is 19.5. The number of amides is 1. The molecule has 0 saturated heterocycles. The topological polar surface area (TPSA) is 59.8 Å². The fourth-order valence-electron chi connectivity index (χ4n) is 3.78. The van der Waals surface area contributed by atoms with Gasteiger partial charge in [-0.3, -0.25) is 4.79 Å². The monoisotopic (exact) mass is 399 g/mol. The highest BCUT2D eigenvalue weighted by Crippen LogP contribution is 2.34. The summed E-state index contributed by atoms with van der Waals surface area (Å²) < 4.78 is 11.2. The fraction of sp³-hybridized carbons (Fsp3) is 0.455. The molecule has 1 heterocycles. The Morgan fingerprint density at radius 2 is 2.07 bits per heavy atom. The van der Waals surface area contributed by atoms with E-state index >= 15 is 0 Å². The van der Waals surface area contributed by atoms with Crippen LogP contribution < -0.4 is 0 Å². The lowest BCUT2D eigenvalue weighted by atomic mass is 10.0. The van der Waals surface area contributed by atoms with Crippen molar-refractivity contribution in [1.82, 2.24) is 4.90 Å². The number of benzene rings is 1. The van der Waals surface area contributed by atoms with Gasteiger partial charge in [0.15, 0.2) is 6.61 Å². The number of hydrogen-bond donors (Lipinski definition) is 0. The Morgan fingerprint density at radius 1 is 1.25 bits per heavy atom. The third-order valence-corrected chi connectivity index (χ3v) is 5.83. The van der Waals surface area contributed by atoms with E-state index in [1.165, 1.54) is 6.42 Å². The Balaban J connectivity index is 1.48. The first-order chi connectivity index (χ1) is 13.7. The number of ether oxygens (including phenoxy) is 1. The van der Waals surface area contributed by atoms with E-state index in [0.717, 1.165) is 48.8 Å². The highest BCUT2D eigenvalue weighted by Gasteiger charge is 2.35. The zero-order valence-electron chi connectivity index (χ0n) is 16.1. The molecule has 6 heteroatoms. The molecule has 148 valence electrons. The number of nitrogens with zero attached hydrogens (tertiary/aromatic N) is 1. The van der Waals surface area contributed by atoms with Gasteiger partial charge in [-0.25, -0.2) is 4.79 Å². The van der Waals surface area contributed by atoms with Crippen LogP contribution in [0.5, 0.6) is 0 Å². The van der Waals surface area contributed by atoms with Gasteiger partial charge in [0.2, 0.25) is 5.76 Å². The van der Waals surface area contributed by atoms with Gasteiger partial charge in [0.05, 0.1) is 0 Å². The summed E-state index contributed by atoms with van der Waals surface area (Å²) in [5.74, 6) is 0.155. The van der Waals surface area contributed by atoms with Crippen molar-refractivity contribution < 1.29 is 18.7 Å². The van der Waals surface area contributed by atoms with Crippen molar-refractivity contribution in [3.8, 4) is 0 Å². The summed E-state index contributed by atoms with van der Waals surface area (Å²) in [5, 5.41) is 0.919. The molecule has 4 rings (SSSR count). The van der Waals surface area contributed by atoms with Gasteiger partial charge in [-0.15, -0.1) is 0 Å². The van der Waals surface area contributed by atoms with Crippen LogP contribution in [0.4, 0.5) is 0 Å². The number of carbonyl (C=O) groups excluding carboxylic acids is 2. The van der Waals surface area contributed by atoms with E-state index in [0.29, 0.717) is 11.3 Å². The number of hydrogen-bond acceptors (Lipinski definition) is 5. The average molecular weight is 400 g/mol. The summed E-state index contributed by atoms with van der Waals surface area (Å²) in [6, 6.07) is 7.85. The van der Waals surface area contributed by atoms with Crippen molar-refractivity contribution in [2.45, 2.75) is 50.3 Å². The van der Waals surface area contributed by atoms with Crippen LogP contribution in [0, 0.1) is 0 Å².